The van der Waals surface area contributed by atoms with Gasteiger partial charge in [0.05, 0.1) is 12.4 Å². The maximum atomic E-state index is 5.78. The highest BCUT2D eigenvalue weighted by atomic mass is 35.5. The van der Waals surface area contributed by atoms with Crippen LogP contribution in [0.25, 0.3) is 11.2 Å². The molecule has 1 unspecified atom stereocenters. The highest BCUT2D eigenvalue weighted by Gasteiger charge is 2.07. The minimum Gasteiger partial charge on any atom is -0.248 e. The molecule has 0 aliphatic rings. The summed E-state index contributed by atoms with van der Waals surface area (Å²) in [6.07, 6.45) is 5.09. The fraction of sp³-hybridized carbons (Fsp3) is 0.300. The first-order chi connectivity index (χ1) is 7.20. The van der Waals surface area contributed by atoms with Gasteiger partial charge in [-0.25, -0.2) is 14.6 Å². The SMILES string of the molecule is C=CC(C)Cn1ncc2ncc(Cl)nc21. The second-order valence-electron chi connectivity index (χ2n) is 3.44. The Bertz CT molecular complexity index is 491. The van der Waals surface area contributed by atoms with Crippen molar-refractivity contribution in [2.24, 2.45) is 5.92 Å². The van der Waals surface area contributed by atoms with E-state index >= 15 is 0 Å². The minimum atomic E-state index is 0.342. The van der Waals surface area contributed by atoms with Gasteiger partial charge in [0.2, 0.25) is 0 Å². The van der Waals surface area contributed by atoms with Gasteiger partial charge in [-0.15, -0.1) is 6.58 Å². The fourth-order valence-corrected chi connectivity index (χ4v) is 1.44. The summed E-state index contributed by atoms with van der Waals surface area (Å²) in [6, 6.07) is 0. The Morgan fingerprint density at radius 2 is 2.40 bits per heavy atom. The first-order valence-electron chi connectivity index (χ1n) is 4.67. The average molecular weight is 223 g/mol. The molecule has 0 bridgehead atoms. The number of nitrogens with zero attached hydrogens (tertiary/aromatic N) is 4. The van der Waals surface area contributed by atoms with E-state index in [0.717, 1.165) is 17.7 Å². The van der Waals surface area contributed by atoms with Crippen LogP contribution in [0.4, 0.5) is 0 Å². The summed E-state index contributed by atoms with van der Waals surface area (Å²) < 4.78 is 1.79. The quantitative estimate of drug-likeness (QED) is 0.749. The summed E-state index contributed by atoms with van der Waals surface area (Å²) in [7, 11) is 0. The summed E-state index contributed by atoms with van der Waals surface area (Å²) in [5, 5.41) is 4.59. The van der Waals surface area contributed by atoms with Gasteiger partial charge in [-0.05, 0) is 5.92 Å². The molecule has 0 spiro atoms. The van der Waals surface area contributed by atoms with Crippen molar-refractivity contribution in [3.8, 4) is 0 Å². The molecule has 5 heteroatoms. The molecule has 0 aliphatic carbocycles. The highest BCUT2D eigenvalue weighted by Crippen LogP contribution is 2.13. The lowest BCUT2D eigenvalue weighted by molar-refractivity contribution is 0.532. The zero-order valence-electron chi connectivity index (χ0n) is 8.39. The lowest BCUT2D eigenvalue weighted by atomic mass is 10.2. The van der Waals surface area contributed by atoms with E-state index in [2.05, 4.69) is 28.6 Å². The fourth-order valence-electron chi connectivity index (χ4n) is 1.31. The third-order valence-corrected chi connectivity index (χ3v) is 2.36. The van der Waals surface area contributed by atoms with E-state index in [-0.39, 0.29) is 0 Å². The van der Waals surface area contributed by atoms with E-state index in [4.69, 9.17) is 11.6 Å². The average Bonchev–Trinajstić information content (AvgIpc) is 2.61. The smallest absolute Gasteiger partial charge is 0.178 e. The van der Waals surface area contributed by atoms with Gasteiger partial charge in [-0.1, -0.05) is 24.6 Å². The van der Waals surface area contributed by atoms with Crippen molar-refractivity contribution in [3.63, 3.8) is 0 Å². The molecule has 0 amide bonds. The predicted molar refractivity (Wildman–Crippen MR) is 59.7 cm³/mol. The molecule has 0 saturated carbocycles. The molecule has 2 aromatic heterocycles. The summed E-state index contributed by atoms with van der Waals surface area (Å²) >= 11 is 5.78. The molecule has 4 nitrogen and oxygen atoms in total. The van der Waals surface area contributed by atoms with E-state index in [1.165, 1.54) is 6.20 Å². The van der Waals surface area contributed by atoms with E-state index in [1.54, 1.807) is 10.9 Å². The molecule has 2 aromatic rings. The molecule has 78 valence electrons. The van der Waals surface area contributed by atoms with Crippen LogP contribution in [-0.4, -0.2) is 19.7 Å². The lowest BCUT2D eigenvalue weighted by Gasteiger charge is -2.06. The Morgan fingerprint density at radius 3 is 3.13 bits per heavy atom. The minimum absolute atomic E-state index is 0.342. The van der Waals surface area contributed by atoms with Crippen molar-refractivity contribution in [1.29, 1.82) is 0 Å². The summed E-state index contributed by atoms with van der Waals surface area (Å²) in [6.45, 7) is 6.54. The Kier molecular flexibility index (Phi) is 2.68. The molecular weight excluding hydrogens is 212 g/mol. The Morgan fingerprint density at radius 1 is 1.60 bits per heavy atom. The van der Waals surface area contributed by atoms with Gasteiger partial charge in [0.15, 0.2) is 5.65 Å². The molecule has 0 aliphatic heterocycles. The monoisotopic (exact) mass is 222 g/mol. The zero-order chi connectivity index (χ0) is 10.8. The molecule has 0 N–H and O–H groups in total. The van der Waals surface area contributed by atoms with Crippen LogP contribution in [0.15, 0.2) is 25.0 Å². The number of fused-ring (bicyclic) bond motifs is 1. The van der Waals surface area contributed by atoms with Crippen LogP contribution in [-0.2, 0) is 6.54 Å². The summed E-state index contributed by atoms with van der Waals surface area (Å²) in [5.74, 6) is 0.342. The Balaban J connectivity index is 2.43. The molecular formula is C10H11ClN4. The van der Waals surface area contributed by atoms with Gasteiger partial charge in [-0.2, -0.15) is 5.10 Å². The molecule has 2 rings (SSSR count). The molecule has 0 saturated heterocycles. The van der Waals surface area contributed by atoms with Crippen molar-refractivity contribution in [2.45, 2.75) is 13.5 Å². The number of rotatable bonds is 3. The van der Waals surface area contributed by atoms with Gasteiger partial charge in [0.25, 0.3) is 0 Å². The molecule has 15 heavy (non-hydrogen) atoms. The zero-order valence-corrected chi connectivity index (χ0v) is 9.15. The molecule has 0 radical (unpaired) electrons. The second kappa shape index (κ2) is 3.98. The molecule has 2 heterocycles. The molecule has 0 aromatic carbocycles. The maximum Gasteiger partial charge on any atom is 0.178 e. The number of allylic oxidation sites excluding steroid dienone is 1. The van der Waals surface area contributed by atoms with Crippen LogP contribution in [0.1, 0.15) is 6.92 Å². The Hall–Kier alpha value is -1.42. The van der Waals surface area contributed by atoms with Crippen molar-refractivity contribution >= 4 is 22.8 Å². The van der Waals surface area contributed by atoms with Gasteiger partial charge in [0, 0.05) is 6.54 Å². The van der Waals surface area contributed by atoms with Crippen molar-refractivity contribution < 1.29 is 0 Å². The maximum absolute atomic E-state index is 5.78. The number of halogens is 1. The van der Waals surface area contributed by atoms with E-state index in [9.17, 15) is 0 Å². The van der Waals surface area contributed by atoms with Gasteiger partial charge in [-0.3, -0.25) is 0 Å². The number of hydrogen-bond donors (Lipinski definition) is 0. The molecule has 0 fully saturated rings. The van der Waals surface area contributed by atoms with Gasteiger partial charge < -0.3 is 0 Å². The second-order valence-corrected chi connectivity index (χ2v) is 3.83. The van der Waals surface area contributed by atoms with Crippen LogP contribution in [0.5, 0.6) is 0 Å². The van der Waals surface area contributed by atoms with E-state index < -0.39 is 0 Å². The van der Waals surface area contributed by atoms with Gasteiger partial charge >= 0.3 is 0 Å². The van der Waals surface area contributed by atoms with Gasteiger partial charge in [0.1, 0.15) is 10.7 Å². The standard InChI is InChI=1S/C10H11ClN4/c1-3-7(2)6-15-10-8(4-13-15)12-5-9(11)14-10/h3-5,7H,1,6H2,2H3. The number of hydrogen-bond acceptors (Lipinski definition) is 3. The van der Waals surface area contributed by atoms with Crippen LogP contribution < -0.4 is 0 Å². The lowest BCUT2D eigenvalue weighted by Crippen LogP contribution is -2.07. The van der Waals surface area contributed by atoms with E-state index in [1.807, 2.05) is 6.08 Å². The van der Waals surface area contributed by atoms with Crippen LogP contribution in [0.3, 0.4) is 0 Å². The summed E-state index contributed by atoms with van der Waals surface area (Å²) in [4.78, 5) is 8.32. The topological polar surface area (TPSA) is 43.6 Å². The third kappa shape index (κ3) is 1.99. The molecule has 1 atom stereocenters. The van der Waals surface area contributed by atoms with Crippen LogP contribution in [0.2, 0.25) is 5.15 Å². The van der Waals surface area contributed by atoms with Crippen LogP contribution in [0, 0.1) is 5.92 Å². The van der Waals surface area contributed by atoms with Crippen LogP contribution >= 0.6 is 11.6 Å². The predicted octanol–water partition coefficient (Wildman–Crippen LogP) is 2.30. The Labute approximate surface area is 92.6 Å². The van der Waals surface area contributed by atoms with Crippen molar-refractivity contribution in [2.75, 3.05) is 0 Å². The first-order valence-corrected chi connectivity index (χ1v) is 5.05. The first kappa shape index (κ1) is 10.1. The third-order valence-electron chi connectivity index (χ3n) is 2.18. The number of aromatic nitrogens is 4. The normalized spacial score (nSPS) is 12.9. The highest BCUT2D eigenvalue weighted by molar-refractivity contribution is 6.29. The summed E-state index contributed by atoms with van der Waals surface area (Å²) in [5.41, 5.74) is 1.48. The largest absolute Gasteiger partial charge is 0.248 e. The van der Waals surface area contributed by atoms with Crippen molar-refractivity contribution in [3.05, 3.63) is 30.2 Å². The van der Waals surface area contributed by atoms with E-state index in [0.29, 0.717) is 11.1 Å². The van der Waals surface area contributed by atoms with Crippen molar-refractivity contribution in [1.82, 2.24) is 19.7 Å².